The molecule has 0 fully saturated rings. The molecular weight excluding hydrogens is 398 g/mol. The van der Waals surface area contributed by atoms with Gasteiger partial charge in [-0.3, -0.25) is 9.59 Å². The second kappa shape index (κ2) is 8.03. The highest BCUT2D eigenvalue weighted by Gasteiger charge is 2.49. The van der Waals surface area contributed by atoms with E-state index in [0.29, 0.717) is 3.95 Å². The van der Waals surface area contributed by atoms with Crippen molar-refractivity contribution in [3.63, 3.8) is 0 Å². The van der Waals surface area contributed by atoms with Crippen LogP contribution in [0.2, 0.25) is 0 Å². The Morgan fingerprint density at radius 1 is 1.24 bits per heavy atom. The van der Waals surface area contributed by atoms with Gasteiger partial charge >= 0.3 is 11.9 Å². The number of ether oxygens (including phenoxy) is 2. The van der Waals surface area contributed by atoms with E-state index in [9.17, 15) is 9.59 Å². The molecule has 0 amide bonds. The summed E-state index contributed by atoms with van der Waals surface area (Å²) in [5.41, 5.74) is 0. The molecule has 25 heavy (non-hydrogen) atoms. The van der Waals surface area contributed by atoms with Crippen LogP contribution in [-0.4, -0.2) is 35.4 Å². The van der Waals surface area contributed by atoms with E-state index < -0.39 is 17.1 Å². The Labute approximate surface area is 162 Å². The minimum absolute atomic E-state index is 0.261. The van der Waals surface area contributed by atoms with E-state index in [0.717, 1.165) is 14.8 Å². The van der Waals surface area contributed by atoms with Crippen molar-refractivity contribution in [3.05, 3.63) is 31.2 Å². The van der Waals surface area contributed by atoms with Crippen molar-refractivity contribution in [3.8, 4) is 0 Å². The zero-order valence-corrected chi connectivity index (χ0v) is 16.9. The third kappa shape index (κ3) is 3.69. The van der Waals surface area contributed by atoms with Crippen LogP contribution in [0.3, 0.4) is 0 Å². The van der Waals surface area contributed by atoms with E-state index in [1.54, 1.807) is 25.2 Å². The Hall–Kier alpha value is -1.16. The van der Waals surface area contributed by atoms with Gasteiger partial charge in [0.2, 0.25) is 0 Å². The van der Waals surface area contributed by atoms with Gasteiger partial charge in [0.25, 0.3) is 0 Å². The predicted octanol–water partition coefficient (Wildman–Crippen LogP) is 4.22. The molecule has 0 saturated heterocycles. The number of esters is 2. The molecule has 0 aliphatic carbocycles. The molecule has 3 rings (SSSR count). The van der Waals surface area contributed by atoms with Crippen molar-refractivity contribution in [2.24, 2.45) is 5.92 Å². The van der Waals surface area contributed by atoms with Crippen LogP contribution in [0.4, 0.5) is 0 Å². The number of fused-ring (bicyclic) bond motifs is 1. The Bertz CT molecular complexity index is 810. The highest BCUT2D eigenvalue weighted by molar-refractivity contribution is 8.00. The lowest BCUT2D eigenvalue weighted by atomic mass is 9.86. The number of rotatable bonds is 5. The van der Waals surface area contributed by atoms with E-state index in [2.05, 4.69) is 4.98 Å². The number of aromatic amines is 1. The molecule has 0 spiro atoms. The summed E-state index contributed by atoms with van der Waals surface area (Å²) < 4.78 is 11.2. The van der Waals surface area contributed by atoms with Crippen molar-refractivity contribution in [2.75, 3.05) is 13.2 Å². The first kappa shape index (κ1) is 18.6. The number of carbonyl (C=O) groups excluding carboxylic acids is 2. The monoisotopic (exact) mass is 415 g/mol. The number of carbonyl (C=O) groups is 2. The maximum Gasteiger partial charge on any atom is 0.320 e. The molecule has 1 N–H and O–H groups in total. The third-order valence-electron chi connectivity index (χ3n) is 3.78. The topological polar surface area (TPSA) is 68.4 Å². The van der Waals surface area contributed by atoms with E-state index in [4.69, 9.17) is 21.7 Å². The summed E-state index contributed by atoms with van der Waals surface area (Å²) in [6.07, 6.45) is 0. The maximum atomic E-state index is 12.8. The molecule has 2 aromatic heterocycles. The molecule has 0 aromatic carbocycles. The van der Waals surface area contributed by atoms with E-state index in [-0.39, 0.29) is 25.1 Å². The summed E-state index contributed by atoms with van der Waals surface area (Å²) in [5, 5.41) is 2.13. The lowest BCUT2D eigenvalue weighted by Crippen LogP contribution is -2.41. The van der Waals surface area contributed by atoms with Crippen molar-refractivity contribution in [2.45, 2.75) is 30.0 Å². The van der Waals surface area contributed by atoms with Gasteiger partial charge in [-0.05, 0) is 37.5 Å². The smallest absolute Gasteiger partial charge is 0.320 e. The zero-order valence-electron chi connectivity index (χ0n) is 13.6. The average molecular weight is 416 g/mol. The van der Waals surface area contributed by atoms with Gasteiger partial charge in [0, 0.05) is 15.7 Å². The standard InChI is InChI=1S/C16H17NO4S4/c1-3-20-14(18)10-9(8-6-5-7-23-8)11-13(17-16(22)25-11)24-12(10)15(19)21-4-2/h5-7,9-10,12H,3-4H2,1-2H3,(H,17,22). The second-order valence-electron chi connectivity index (χ2n) is 5.27. The van der Waals surface area contributed by atoms with Crippen LogP contribution >= 0.6 is 46.7 Å². The summed E-state index contributed by atoms with van der Waals surface area (Å²) >= 11 is 9.61. The SMILES string of the molecule is CCOC(=O)C1Sc2[nH]c(=S)sc2C(c2cccs2)C1C(=O)OCC. The minimum atomic E-state index is -0.668. The Morgan fingerprint density at radius 3 is 2.60 bits per heavy atom. The summed E-state index contributed by atoms with van der Waals surface area (Å²) in [7, 11) is 0. The molecule has 3 unspecified atom stereocenters. The predicted molar refractivity (Wildman–Crippen MR) is 102 cm³/mol. The number of hydrogen-bond donors (Lipinski definition) is 1. The fraction of sp³-hybridized carbons (Fsp3) is 0.438. The van der Waals surface area contributed by atoms with Gasteiger partial charge in [0.1, 0.15) is 5.25 Å². The largest absolute Gasteiger partial charge is 0.466 e. The number of aromatic nitrogens is 1. The van der Waals surface area contributed by atoms with Crippen LogP contribution in [0.15, 0.2) is 22.5 Å². The molecule has 134 valence electrons. The molecule has 5 nitrogen and oxygen atoms in total. The number of nitrogens with one attached hydrogen (secondary N) is 1. The second-order valence-corrected chi connectivity index (χ2v) is 9.12. The van der Waals surface area contributed by atoms with Crippen LogP contribution in [0.25, 0.3) is 0 Å². The molecule has 3 atom stereocenters. The molecule has 0 saturated carbocycles. The Kier molecular flexibility index (Phi) is 5.98. The first-order valence-electron chi connectivity index (χ1n) is 7.83. The van der Waals surface area contributed by atoms with Crippen molar-refractivity contribution in [1.29, 1.82) is 0 Å². The van der Waals surface area contributed by atoms with E-state index >= 15 is 0 Å². The third-order valence-corrected chi connectivity index (χ3v) is 7.48. The highest BCUT2D eigenvalue weighted by Crippen LogP contribution is 2.51. The van der Waals surface area contributed by atoms with Crippen molar-refractivity contribution >= 4 is 58.6 Å². The quantitative estimate of drug-likeness (QED) is 0.583. The number of thiazole rings is 1. The molecule has 0 radical (unpaired) electrons. The van der Waals surface area contributed by atoms with Gasteiger partial charge in [-0.25, -0.2) is 0 Å². The summed E-state index contributed by atoms with van der Waals surface area (Å²) in [6.45, 7) is 4.05. The molecule has 0 bridgehead atoms. The first-order chi connectivity index (χ1) is 12.1. The number of hydrogen-bond acceptors (Lipinski definition) is 8. The lowest BCUT2D eigenvalue weighted by Gasteiger charge is -2.33. The fourth-order valence-electron chi connectivity index (χ4n) is 2.85. The van der Waals surface area contributed by atoms with E-state index in [1.165, 1.54) is 23.1 Å². The van der Waals surface area contributed by atoms with Crippen LogP contribution in [-0.2, 0) is 19.1 Å². The summed E-state index contributed by atoms with van der Waals surface area (Å²) in [6, 6.07) is 3.92. The number of H-pyrrole nitrogens is 1. The van der Waals surface area contributed by atoms with Crippen LogP contribution < -0.4 is 0 Å². The molecule has 9 heteroatoms. The van der Waals surface area contributed by atoms with Gasteiger partial charge in [-0.1, -0.05) is 17.8 Å². The average Bonchev–Trinajstić information content (AvgIpc) is 3.21. The summed E-state index contributed by atoms with van der Waals surface area (Å²) in [4.78, 5) is 30.5. The summed E-state index contributed by atoms with van der Waals surface area (Å²) in [5.74, 6) is -1.68. The first-order valence-corrected chi connectivity index (χ1v) is 10.8. The Morgan fingerprint density at radius 2 is 1.96 bits per heavy atom. The van der Waals surface area contributed by atoms with Crippen LogP contribution in [0.1, 0.15) is 29.5 Å². The lowest BCUT2D eigenvalue weighted by molar-refractivity contribution is -0.154. The zero-order chi connectivity index (χ0) is 18.0. The van der Waals surface area contributed by atoms with Gasteiger partial charge in [-0.15, -0.1) is 22.7 Å². The number of thiophene rings is 1. The van der Waals surface area contributed by atoms with Gasteiger partial charge in [0.05, 0.1) is 24.2 Å². The molecule has 1 aliphatic heterocycles. The molecular formula is C16H17NO4S4. The van der Waals surface area contributed by atoms with Gasteiger partial charge in [0.15, 0.2) is 3.95 Å². The van der Waals surface area contributed by atoms with Gasteiger partial charge < -0.3 is 14.5 Å². The molecule has 3 heterocycles. The van der Waals surface area contributed by atoms with E-state index in [1.807, 2.05) is 17.5 Å². The van der Waals surface area contributed by atoms with Crippen LogP contribution in [0.5, 0.6) is 0 Å². The van der Waals surface area contributed by atoms with Crippen molar-refractivity contribution in [1.82, 2.24) is 4.98 Å². The Balaban J connectivity index is 2.12. The molecule has 1 aliphatic rings. The normalized spacial score (nSPS) is 22.2. The van der Waals surface area contributed by atoms with Crippen LogP contribution in [0, 0.1) is 9.87 Å². The number of thioether (sulfide) groups is 1. The van der Waals surface area contributed by atoms with Crippen molar-refractivity contribution < 1.29 is 19.1 Å². The highest BCUT2D eigenvalue weighted by atomic mass is 32.2. The van der Waals surface area contributed by atoms with Gasteiger partial charge in [-0.2, -0.15) is 0 Å². The fourth-order valence-corrected chi connectivity index (χ4v) is 6.71. The minimum Gasteiger partial charge on any atom is -0.466 e. The molecule has 2 aromatic rings. The maximum absolute atomic E-state index is 12.8.